The van der Waals surface area contributed by atoms with E-state index in [2.05, 4.69) is 21.3 Å². The van der Waals surface area contributed by atoms with Gasteiger partial charge < -0.3 is 14.1 Å². The molecule has 4 aromatic rings. The second-order valence-electron chi connectivity index (χ2n) is 5.45. The lowest BCUT2D eigenvalue weighted by atomic mass is 10.2. The van der Waals surface area contributed by atoms with Gasteiger partial charge in [0.25, 0.3) is 11.1 Å². The molecule has 0 saturated carbocycles. The molecule has 128 valence electrons. The van der Waals surface area contributed by atoms with Gasteiger partial charge in [0.05, 0.1) is 23.8 Å². The second-order valence-corrected chi connectivity index (χ2v) is 6.50. The summed E-state index contributed by atoms with van der Waals surface area (Å²) in [6.07, 6.45) is 1.88. The highest BCUT2D eigenvalue weighted by Gasteiger charge is 2.13. The summed E-state index contributed by atoms with van der Waals surface area (Å²) in [4.78, 5) is 3.20. The molecule has 0 amide bonds. The van der Waals surface area contributed by atoms with Gasteiger partial charge in [0.1, 0.15) is 5.75 Å². The Morgan fingerprint density at radius 1 is 1.12 bits per heavy atom. The number of ether oxygens (including phenoxy) is 1. The third kappa shape index (κ3) is 3.41. The highest BCUT2D eigenvalue weighted by atomic mass is 32.2. The van der Waals surface area contributed by atoms with Crippen LogP contribution in [-0.4, -0.2) is 27.5 Å². The molecule has 2 aromatic carbocycles. The number of aromatic nitrogens is 3. The van der Waals surface area contributed by atoms with Crippen molar-refractivity contribution in [3.05, 3.63) is 60.3 Å². The number of H-pyrrole nitrogens is 1. The van der Waals surface area contributed by atoms with Gasteiger partial charge in [-0.1, -0.05) is 30.0 Å². The molecule has 0 spiro atoms. The zero-order valence-electron chi connectivity index (χ0n) is 13.7. The molecule has 0 unspecified atom stereocenters. The second kappa shape index (κ2) is 7.33. The van der Waals surface area contributed by atoms with Crippen molar-refractivity contribution >= 4 is 22.7 Å². The first-order valence-corrected chi connectivity index (χ1v) is 8.98. The van der Waals surface area contributed by atoms with E-state index in [9.17, 15) is 0 Å². The van der Waals surface area contributed by atoms with Crippen molar-refractivity contribution in [3.8, 4) is 23.3 Å². The third-order valence-electron chi connectivity index (χ3n) is 3.79. The summed E-state index contributed by atoms with van der Waals surface area (Å²) in [5.74, 6) is 1.91. The molecule has 4 rings (SSSR count). The molecular formula is C19H14N4O2S. The fourth-order valence-electron chi connectivity index (χ4n) is 2.54. The Hall–Kier alpha value is -3.24. The molecule has 0 atom stereocenters. The molecule has 0 fully saturated rings. The average Bonchev–Trinajstić information content (AvgIpc) is 3.32. The van der Waals surface area contributed by atoms with E-state index in [-0.39, 0.29) is 0 Å². The van der Waals surface area contributed by atoms with Crippen molar-refractivity contribution in [2.75, 3.05) is 12.4 Å². The summed E-state index contributed by atoms with van der Waals surface area (Å²) in [7, 11) is 0. The van der Waals surface area contributed by atoms with Crippen LogP contribution in [0.4, 0.5) is 0 Å². The summed E-state index contributed by atoms with van der Waals surface area (Å²) < 4.78 is 11.4. The van der Waals surface area contributed by atoms with Gasteiger partial charge in [0.15, 0.2) is 0 Å². The van der Waals surface area contributed by atoms with Gasteiger partial charge in [-0.2, -0.15) is 5.26 Å². The van der Waals surface area contributed by atoms with E-state index in [0.29, 0.717) is 29.0 Å². The van der Waals surface area contributed by atoms with Crippen molar-refractivity contribution in [1.29, 1.82) is 5.26 Å². The zero-order chi connectivity index (χ0) is 17.8. The first-order chi connectivity index (χ1) is 12.8. The molecule has 0 aliphatic rings. The van der Waals surface area contributed by atoms with Gasteiger partial charge in [0, 0.05) is 22.9 Å². The Morgan fingerprint density at radius 2 is 1.96 bits per heavy atom. The van der Waals surface area contributed by atoms with Crippen LogP contribution >= 0.6 is 11.8 Å². The lowest BCUT2D eigenvalue weighted by molar-refractivity contribution is 0.343. The Balaban J connectivity index is 1.34. The number of nitrogens with one attached hydrogen (secondary N) is 1. The van der Waals surface area contributed by atoms with Gasteiger partial charge in [-0.15, -0.1) is 10.2 Å². The molecule has 7 heteroatoms. The van der Waals surface area contributed by atoms with Gasteiger partial charge in [-0.25, -0.2) is 0 Å². The normalized spacial score (nSPS) is 10.7. The molecule has 0 saturated heterocycles. The van der Waals surface area contributed by atoms with Crippen molar-refractivity contribution < 1.29 is 9.15 Å². The first kappa shape index (κ1) is 16.2. The van der Waals surface area contributed by atoms with Crippen molar-refractivity contribution in [2.45, 2.75) is 5.22 Å². The number of hydrogen-bond donors (Lipinski definition) is 1. The number of para-hydroxylation sites is 1. The Bertz CT molecular complexity index is 1060. The molecule has 2 heterocycles. The number of benzene rings is 2. The van der Waals surface area contributed by atoms with Gasteiger partial charge in [0.2, 0.25) is 0 Å². The van der Waals surface area contributed by atoms with Crippen LogP contribution in [0.25, 0.3) is 22.4 Å². The van der Waals surface area contributed by atoms with E-state index in [1.807, 2.05) is 30.5 Å². The van der Waals surface area contributed by atoms with Crippen LogP contribution < -0.4 is 4.74 Å². The number of fused-ring (bicyclic) bond motifs is 1. The monoisotopic (exact) mass is 362 g/mol. The molecule has 2 aromatic heterocycles. The lowest BCUT2D eigenvalue weighted by Gasteiger charge is -2.04. The van der Waals surface area contributed by atoms with Crippen molar-refractivity contribution in [2.24, 2.45) is 0 Å². The van der Waals surface area contributed by atoms with E-state index in [4.69, 9.17) is 14.4 Å². The minimum absolute atomic E-state index is 0.498. The van der Waals surface area contributed by atoms with Crippen LogP contribution in [-0.2, 0) is 0 Å². The predicted molar refractivity (Wildman–Crippen MR) is 99.0 cm³/mol. The highest BCUT2D eigenvalue weighted by Crippen LogP contribution is 2.29. The summed E-state index contributed by atoms with van der Waals surface area (Å²) in [6, 6.07) is 17.1. The molecule has 0 bridgehead atoms. The Labute approximate surface area is 153 Å². The van der Waals surface area contributed by atoms with Crippen LogP contribution in [0, 0.1) is 11.3 Å². The molecular weight excluding hydrogens is 348 g/mol. The molecule has 1 N–H and O–H groups in total. The Kier molecular flexibility index (Phi) is 4.58. The molecule has 0 radical (unpaired) electrons. The highest BCUT2D eigenvalue weighted by molar-refractivity contribution is 7.99. The fourth-order valence-corrected chi connectivity index (χ4v) is 3.12. The van der Waals surface area contributed by atoms with Crippen molar-refractivity contribution in [1.82, 2.24) is 15.2 Å². The predicted octanol–water partition coefficient (Wildman–Crippen LogP) is 4.26. The van der Waals surface area contributed by atoms with E-state index < -0.39 is 0 Å². The minimum atomic E-state index is 0.498. The molecule has 6 nitrogen and oxygen atoms in total. The topological polar surface area (TPSA) is 87.7 Å². The zero-order valence-corrected chi connectivity index (χ0v) is 14.5. The van der Waals surface area contributed by atoms with Gasteiger partial charge >= 0.3 is 0 Å². The summed E-state index contributed by atoms with van der Waals surface area (Å²) in [5, 5.41) is 18.6. The Morgan fingerprint density at radius 3 is 2.81 bits per heavy atom. The van der Waals surface area contributed by atoms with E-state index in [1.54, 1.807) is 24.3 Å². The number of nitrogens with zero attached hydrogens (tertiary/aromatic N) is 3. The maximum atomic E-state index is 8.78. The van der Waals surface area contributed by atoms with Gasteiger partial charge in [-0.3, -0.25) is 0 Å². The van der Waals surface area contributed by atoms with E-state index in [0.717, 1.165) is 22.2 Å². The number of hydrogen-bond acceptors (Lipinski definition) is 6. The first-order valence-electron chi connectivity index (χ1n) is 7.99. The van der Waals surface area contributed by atoms with E-state index in [1.165, 1.54) is 11.8 Å². The maximum absolute atomic E-state index is 8.78. The molecule has 0 aliphatic heterocycles. The van der Waals surface area contributed by atoms with Crippen LogP contribution in [0.1, 0.15) is 5.56 Å². The fraction of sp³-hybridized carbons (Fsp3) is 0.105. The van der Waals surface area contributed by atoms with Crippen molar-refractivity contribution in [3.63, 3.8) is 0 Å². The molecule has 0 aliphatic carbocycles. The number of thioether (sulfide) groups is 1. The largest absolute Gasteiger partial charge is 0.493 e. The van der Waals surface area contributed by atoms with Crippen LogP contribution in [0.3, 0.4) is 0 Å². The quantitative estimate of drug-likeness (QED) is 0.407. The van der Waals surface area contributed by atoms with E-state index >= 15 is 0 Å². The number of rotatable bonds is 6. The summed E-state index contributed by atoms with van der Waals surface area (Å²) >= 11 is 1.44. The molecule has 26 heavy (non-hydrogen) atoms. The standard InChI is InChI=1S/C19H14N4O2S/c20-11-13-5-7-14(8-6-13)24-9-10-26-19-23-22-18(25-19)16-12-21-17-4-2-1-3-15(16)17/h1-8,12,21H,9-10H2. The van der Waals surface area contributed by atoms with Crippen LogP contribution in [0.15, 0.2) is 64.4 Å². The van der Waals surface area contributed by atoms with Crippen LogP contribution in [0.5, 0.6) is 5.75 Å². The number of aromatic amines is 1. The lowest BCUT2D eigenvalue weighted by Crippen LogP contribution is -1.99. The summed E-state index contributed by atoms with van der Waals surface area (Å²) in [5.41, 5.74) is 2.54. The van der Waals surface area contributed by atoms with Gasteiger partial charge in [-0.05, 0) is 30.3 Å². The SMILES string of the molecule is N#Cc1ccc(OCCSc2nnc(-c3c[nH]c4ccccc34)o2)cc1. The smallest absolute Gasteiger partial charge is 0.276 e. The minimum Gasteiger partial charge on any atom is -0.493 e. The average molecular weight is 362 g/mol. The maximum Gasteiger partial charge on any atom is 0.276 e. The third-order valence-corrected chi connectivity index (χ3v) is 4.57. The van der Waals surface area contributed by atoms with Crippen LogP contribution in [0.2, 0.25) is 0 Å². The number of nitriles is 1. The summed E-state index contributed by atoms with van der Waals surface area (Å²) in [6.45, 7) is 0.501.